The van der Waals surface area contributed by atoms with Crippen molar-refractivity contribution in [1.29, 1.82) is 0 Å². The Balaban J connectivity index is 1.90. The minimum Gasteiger partial charge on any atom is -0.347 e. The Morgan fingerprint density at radius 2 is 2.12 bits per heavy atom. The average Bonchev–Trinajstić information content (AvgIpc) is 2.85. The lowest BCUT2D eigenvalue weighted by molar-refractivity contribution is -0.164. The summed E-state index contributed by atoms with van der Waals surface area (Å²) in [5.74, 6) is -0.335. The summed E-state index contributed by atoms with van der Waals surface area (Å²) in [7, 11) is 0. The second-order valence-electron chi connectivity index (χ2n) is 4.94. The fraction of sp³-hybridized carbons (Fsp3) is 0.750. The van der Waals surface area contributed by atoms with Crippen LogP contribution in [-0.4, -0.2) is 28.8 Å². The van der Waals surface area contributed by atoms with E-state index in [1.54, 1.807) is 0 Å². The molecule has 1 aromatic heterocycles. The van der Waals surface area contributed by atoms with E-state index in [2.05, 4.69) is 23.6 Å². The normalized spacial score (nSPS) is 22.9. The van der Waals surface area contributed by atoms with Gasteiger partial charge >= 0.3 is 0 Å². The summed E-state index contributed by atoms with van der Waals surface area (Å²) in [5, 5.41) is 4.46. The molecule has 0 atom stereocenters. The molecule has 1 fully saturated rings. The van der Waals surface area contributed by atoms with Gasteiger partial charge in [0.2, 0.25) is 0 Å². The van der Waals surface area contributed by atoms with E-state index >= 15 is 0 Å². The van der Waals surface area contributed by atoms with Crippen molar-refractivity contribution < 1.29 is 9.47 Å². The fourth-order valence-corrected chi connectivity index (χ4v) is 2.72. The Kier molecular flexibility index (Phi) is 2.30. The topological polar surface area (TPSA) is 36.3 Å². The van der Waals surface area contributed by atoms with E-state index in [-0.39, 0.29) is 5.79 Å². The minimum atomic E-state index is -0.335. The van der Waals surface area contributed by atoms with Gasteiger partial charge in [0.25, 0.3) is 0 Å². The number of nitrogens with zero attached hydrogens (tertiary/aromatic N) is 2. The zero-order valence-electron chi connectivity index (χ0n) is 9.90. The van der Waals surface area contributed by atoms with Crippen LogP contribution in [0.5, 0.6) is 0 Å². The summed E-state index contributed by atoms with van der Waals surface area (Å²) in [6, 6.07) is 0.434. The van der Waals surface area contributed by atoms with Crippen LogP contribution < -0.4 is 0 Å². The number of aromatic nitrogens is 2. The molecule has 1 saturated heterocycles. The summed E-state index contributed by atoms with van der Waals surface area (Å²) in [5.41, 5.74) is 2.65. The molecule has 1 spiro atoms. The molecule has 0 bridgehead atoms. The van der Waals surface area contributed by atoms with Gasteiger partial charge in [-0.2, -0.15) is 5.10 Å². The third-order valence-corrected chi connectivity index (χ3v) is 3.49. The zero-order chi connectivity index (χ0) is 11.2. The van der Waals surface area contributed by atoms with Crippen LogP contribution in [0.15, 0.2) is 6.20 Å². The van der Waals surface area contributed by atoms with Crippen LogP contribution in [0.4, 0.5) is 0 Å². The maximum absolute atomic E-state index is 5.75. The summed E-state index contributed by atoms with van der Waals surface area (Å²) in [4.78, 5) is 0. The lowest BCUT2D eigenvalue weighted by Crippen LogP contribution is -2.37. The van der Waals surface area contributed by atoms with Crippen molar-refractivity contribution in [2.24, 2.45) is 0 Å². The molecule has 0 amide bonds. The van der Waals surface area contributed by atoms with Gasteiger partial charge in [-0.1, -0.05) is 0 Å². The van der Waals surface area contributed by atoms with Gasteiger partial charge in [-0.05, 0) is 25.8 Å². The monoisotopic (exact) mass is 222 g/mol. The molecular weight excluding hydrogens is 204 g/mol. The standard InChI is InChI=1S/C12H18N2O2/c1-9(2)14-11-3-4-12(15-5-6-16-12)7-10(11)8-13-14/h8-9H,3-7H2,1-2H3. The van der Waals surface area contributed by atoms with Crippen LogP contribution in [0, 0.1) is 0 Å². The molecule has 1 aliphatic heterocycles. The van der Waals surface area contributed by atoms with Crippen molar-refractivity contribution in [2.75, 3.05) is 13.2 Å². The highest BCUT2D eigenvalue weighted by Crippen LogP contribution is 2.35. The quantitative estimate of drug-likeness (QED) is 0.725. The van der Waals surface area contributed by atoms with Crippen molar-refractivity contribution in [3.05, 3.63) is 17.5 Å². The van der Waals surface area contributed by atoms with Gasteiger partial charge in [0, 0.05) is 24.6 Å². The molecule has 16 heavy (non-hydrogen) atoms. The Labute approximate surface area is 95.5 Å². The SMILES string of the molecule is CC(C)n1ncc2c1CCC1(C2)OCCO1. The molecule has 0 radical (unpaired) electrons. The molecule has 4 heteroatoms. The smallest absolute Gasteiger partial charge is 0.172 e. The maximum atomic E-state index is 5.75. The highest BCUT2D eigenvalue weighted by Gasteiger charge is 2.41. The molecular formula is C12H18N2O2. The van der Waals surface area contributed by atoms with Crippen LogP contribution in [0.2, 0.25) is 0 Å². The lowest BCUT2D eigenvalue weighted by Gasteiger charge is -2.31. The number of fused-ring (bicyclic) bond motifs is 1. The number of hydrogen-bond acceptors (Lipinski definition) is 3. The van der Waals surface area contributed by atoms with E-state index in [4.69, 9.17) is 9.47 Å². The number of hydrogen-bond donors (Lipinski definition) is 0. The van der Waals surface area contributed by atoms with E-state index in [1.165, 1.54) is 11.3 Å². The second kappa shape index (κ2) is 3.57. The fourth-order valence-electron chi connectivity index (χ4n) is 2.72. The van der Waals surface area contributed by atoms with Crippen molar-refractivity contribution in [2.45, 2.75) is 44.9 Å². The Hall–Kier alpha value is -0.870. The highest BCUT2D eigenvalue weighted by molar-refractivity contribution is 5.24. The van der Waals surface area contributed by atoms with E-state index in [0.717, 1.165) is 32.5 Å². The van der Waals surface area contributed by atoms with Gasteiger partial charge in [-0.25, -0.2) is 0 Å². The van der Waals surface area contributed by atoms with Crippen LogP contribution in [0.3, 0.4) is 0 Å². The van der Waals surface area contributed by atoms with Gasteiger partial charge in [0.1, 0.15) is 0 Å². The first-order chi connectivity index (χ1) is 7.70. The predicted molar refractivity (Wildman–Crippen MR) is 59.3 cm³/mol. The number of rotatable bonds is 1. The van der Waals surface area contributed by atoms with Gasteiger partial charge in [-0.3, -0.25) is 4.68 Å². The van der Waals surface area contributed by atoms with Crippen molar-refractivity contribution >= 4 is 0 Å². The first kappa shape index (κ1) is 10.3. The summed E-state index contributed by atoms with van der Waals surface area (Å²) in [6.07, 6.45) is 4.79. The van der Waals surface area contributed by atoms with Crippen molar-refractivity contribution in [3.8, 4) is 0 Å². The van der Waals surface area contributed by atoms with Gasteiger partial charge < -0.3 is 9.47 Å². The van der Waals surface area contributed by atoms with Gasteiger partial charge in [-0.15, -0.1) is 0 Å². The Bertz CT molecular complexity index is 392. The van der Waals surface area contributed by atoms with E-state index in [0.29, 0.717) is 6.04 Å². The summed E-state index contributed by atoms with van der Waals surface area (Å²) < 4.78 is 13.6. The van der Waals surface area contributed by atoms with Crippen LogP contribution in [-0.2, 0) is 22.3 Å². The third-order valence-electron chi connectivity index (χ3n) is 3.49. The molecule has 4 nitrogen and oxygen atoms in total. The molecule has 0 aromatic carbocycles. The first-order valence-corrected chi connectivity index (χ1v) is 6.03. The molecule has 2 aliphatic rings. The molecule has 0 saturated carbocycles. The van der Waals surface area contributed by atoms with E-state index in [1.807, 2.05) is 6.20 Å². The summed E-state index contributed by atoms with van der Waals surface area (Å²) in [6.45, 7) is 5.79. The van der Waals surface area contributed by atoms with Gasteiger partial charge in [0.15, 0.2) is 5.79 Å². The first-order valence-electron chi connectivity index (χ1n) is 6.03. The highest BCUT2D eigenvalue weighted by atomic mass is 16.7. The molecule has 3 rings (SSSR count). The molecule has 0 N–H and O–H groups in total. The molecule has 1 aliphatic carbocycles. The Morgan fingerprint density at radius 3 is 2.81 bits per heavy atom. The average molecular weight is 222 g/mol. The molecule has 1 aromatic rings. The predicted octanol–water partition coefficient (Wildman–Crippen LogP) is 1.70. The lowest BCUT2D eigenvalue weighted by atomic mass is 9.92. The largest absolute Gasteiger partial charge is 0.347 e. The second-order valence-corrected chi connectivity index (χ2v) is 4.94. The zero-order valence-corrected chi connectivity index (χ0v) is 9.90. The van der Waals surface area contributed by atoms with Crippen LogP contribution in [0.1, 0.15) is 37.6 Å². The summed E-state index contributed by atoms with van der Waals surface area (Å²) >= 11 is 0. The van der Waals surface area contributed by atoms with Crippen LogP contribution >= 0.6 is 0 Å². The van der Waals surface area contributed by atoms with Crippen molar-refractivity contribution in [3.63, 3.8) is 0 Å². The maximum Gasteiger partial charge on any atom is 0.172 e. The molecule has 0 unspecified atom stereocenters. The third kappa shape index (κ3) is 1.48. The van der Waals surface area contributed by atoms with E-state index < -0.39 is 0 Å². The molecule has 2 heterocycles. The van der Waals surface area contributed by atoms with Crippen LogP contribution in [0.25, 0.3) is 0 Å². The molecule has 88 valence electrons. The minimum absolute atomic E-state index is 0.335. The number of ether oxygens (including phenoxy) is 2. The van der Waals surface area contributed by atoms with E-state index in [9.17, 15) is 0 Å². The van der Waals surface area contributed by atoms with Crippen molar-refractivity contribution in [1.82, 2.24) is 9.78 Å². The van der Waals surface area contributed by atoms with Gasteiger partial charge in [0.05, 0.1) is 19.4 Å². The Morgan fingerprint density at radius 1 is 1.38 bits per heavy atom.